The molecule has 0 radical (unpaired) electrons. The van der Waals surface area contributed by atoms with Gasteiger partial charge in [0, 0.05) is 12.3 Å². The van der Waals surface area contributed by atoms with Gasteiger partial charge < -0.3 is 10.5 Å². The van der Waals surface area contributed by atoms with Crippen LogP contribution >= 0.6 is 0 Å². The van der Waals surface area contributed by atoms with Crippen molar-refractivity contribution in [1.29, 1.82) is 0 Å². The number of hydrogen-bond acceptors (Lipinski definition) is 4. The minimum absolute atomic E-state index is 0.207. The number of nitrogens with zero attached hydrogens (tertiary/aromatic N) is 2. The third-order valence-electron chi connectivity index (χ3n) is 2.18. The maximum atomic E-state index is 11.7. The molecule has 16 heavy (non-hydrogen) atoms. The molecule has 0 bridgehead atoms. The Hall–Kier alpha value is -2.30. The monoisotopic (exact) mass is 217 g/mol. The Labute approximate surface area is 92.1 Å². The lowest BCUT2D eigenvalue weighted by Gasteiger charge is -2.06. The van der Waals surface area contributed by atoms with Crippen molar-refractivity contribution in [2.24, 2.45) is 0 Å². The zero-order valence-corrected chi connectivity index (χ0v) is 8.75. The van der Waals surface area contributed by atoms with Gasteiger partial charge in [-0.2, -0.15) is 0 Å². The quantitative estimate of drug-likeness (QED) is 0.808. The van der Waals surface area contributed by atoms with Crippen LogP contribution in [-0.4, -0.2) is 16.7 Å². The molecule has 0 aliphatic rings. The summed E-state index contributed by atoms with van der Waals surface area (Å²) in [6.45, 7) is 0. The molecule has 5 heteroatoms. The third-order valence-corrected chi connectivity index (χ3v) is 2.18. The van der Waals surface area contributed by atoms with Crippen LogP contribution in [0.2, 0.25) is 0 Å². The molecule has 0 atom stereocenters. The Morgan fingerprint density at radius 2 is 2.19 bits per heavy atom. The first kappa shape index (κ1) is 10.2. The predicted molar refractivity (Wildman–Crippen MR) is 60.8 cm³/mol. The van der Waals surface area contributed by atoms with Crippen LogP contribution in [0.3, 0.4) is 0 Å². The van der Waals surface area contributed by atoms with E-state index in [0.29, 0.717) is 11.6 Å². The highest BCUT2D eigenvalue weighted by Crippen LogP contribution is 2.09. The van der Waals surface area contributed by atoms with Gasteiger partial charge in [-0.25, -0.2) is 4.98 Å². The minimum atomic E-state index is -0.255. The third kappa shape index (κ3) is 1.75. The van der Waals surface area contributed by atoms with Gasteiger partial charge in [0.1, 0.15) is 0 Å². The van der Waals surface area contributed by atoms with Gasteiger partial charge in [-0.05, 0) is 18.2 Å². The standard InChI is InChI=1S/C11H11N3O2/c1-16-10-5-4-8(7-13-10)14-6-2-3-9(12)11(14)15/h2-7H,12H2,1H3. The lowest BCUT2D eigenvalue weighted by atomic mass is 10.3. The zero-order chi connectivity index (χ0) is 11.5. The lowest BCUT2D eigenvalue weighted by molar-refractivity contribution is 0.398. The molecule has 0 unspecified atom stereocenters. The molecular weight excluding hydrogens is 206 g/mol. The Morgan fingerprint density at radius 1 is 1.38 bits per heavy atom. The molecule has 2 aromatic rings. The average Bonchev–Trinajstić information content (AvgIpc) is 2.33. The van der Waals surface area contributed by atoms with Crippen LogP contribution in [-0.2, 0) is 0 Å². The number of ether oxygens (including phenoxy) is 1. The van der Waals surface area contributed by atoms with Crippen LogP contribution in [0.15, 0.2) is 41.5 Å². The van der Waals surface area contributed by atoms with E-state index in [1.165, 1.54) is 11.7 Å². The summed E-state index contributed by atoms with van der Waals surface area (Å²) in [7, 11) is 1.54. The first-order valence-corrected chi connectivity index (χ1v) is 4.70. The summed E-state index contributed by atoms with van der Waals surface area (Å²) in [4.78, 5) is 15.7. The maximum absolute atomic E-state index is 11.7. The fraction of sp³-hybridized carbons (Fsp3) is 0.0909. The Bertz CT molecular complexity index is 546. The molecular formula is C11H11N3O2. The number of rotatable bonds is 2. The van der Waals surface area contributed by atoms with Crippen molar-refractivity contribution in [3.05, 3.63) is 47.0 Å². The van der Waals surface area contributed by atoms with Crippen molar-refractivity contribution in [2.75, 3.05) is 12.8 Å². The molecule has 0 aromatic carbocycles. The van der Waals surface area contributed by atoms with Crippen LogP contribution in [0.5, 0.6) is 5.88 Å². The van der Waals surface area contributed by atoms with Gasteiger partial charge in [0.25, 0.3) is 5.56 Å². The smallest absolute Gasteiger partial charge is 0.278 e. The molecule has 0 aliphatic heterocycles. The van der Waals surface area contributed by atoms with Crippen LogP contribution in [0, 0.1) is 0 Å². The Morgan fingerprint density at radius 3 is 2.81 bits per heavy atom. The second kappa shape index (κ2) is 4.06. The van der Waals surface area contributed by atoms with E-state index in [0.717, 1.165) is 0 Å². The molecule has 2 heterocycles. The molecule has 0 amide bonds. The number of pyridine rings is 2. The summed E-state index contributed by atoms with van der Waals surface area (Å²) in [6.07, 6.45) is 3.20. The SMILES string of the molecule is COc1ccc(-n2cccc(N)c2=O)cn1. The van der Waals surface area contributed by atoms with Gasteiger partial charge in [0.2, 0.25) is 5.88 Å². The number of anilines is 1. The maximum Gasteiger partial charge on any atom is 0.278 e. The van der Waals surface area contributed by atoms with Crippen LogP contribution in [0.4, 0.5) is 5.69 Å². The van der Waals surface area contributed by atoms with E-state index >= 15 is 0 Å². The normalized spacial score (nSPS) is 10.1. The number of methoxy groups -OCH3 is 1. The molecule has 2 rings (SSSR count). The summed E-state index contributed by atoms with van der Waals surface area (Å²) in [5.74, 6) is 0.501. The largest absolute Gasteiger partial charge is 0.481 e. The highest BCUT2D eigenvalue weighted by Gasteiger charge is 2.02. The highest BCUT2D eigenvalue weighted by molar-refractivity contribution is 5.39. The topological polar surface area (TPSA) is 70.1 Å². The van der Waals surface area contributed by atoms with Crippen molar-refractivity contribution in [3.63, 3.8) is 0 Å². The van der Waals surface area contributed by atoms with Gasteiger partial charge in [0.15, 0.2) is 0 Å². The molecule has 0 fully saturated rings. The number of nitrogens with two attached hydrogens (primary N) is 1. The van der Waals surface area contributed by atoms with E-state index in [1.807, 2.05) is 0 Å². The van der Waals surface area contributed by atoms with E-state index in [9.17, 15) is 4.79 Å². The summed E-state index contributed by atoms with van der Waals surface area (Å²) in [5, 5.41) is 0. The van der Waals surface area contributed by atoms with Crippen molar-refractivity contribution in [1.82, 2.24) is 9.55 Å². The Balaban J connectivity index is 2.51. The first-order valence-electron chi connectivity index (χ1n) is 4.70. The average molecular weight is 217 g/mol. The fourth-order valence-electron chi connectivity index (χ4n) is 1.35. The number of aromatic nitrogens is 2. The van der Waals surface area contributed by atoms with Gasteiger partial charge in [-0.1, -0.05) is 0 Å². The molecule has 2 aromatic heterocycles. The van der Waals surface area contributed by atoms with Gasteiger partial charge in [-0.3, -0.25) is 9.36 Å². The molecule has 0 spiro atoms. The summed E-state index contributed by atoms with van der Waals surface area (Å²) in [5.41, 5.74) is 6.14. The van der Waals surface area contributed by atoms with Crippen LogP contribution < -0.4 is 16.0 Å². The van der Waals surface area contributed by atoms with E-state index in [1.54, 1.807) is 36.7 Å². The predicted octanol–water partition coefficient (Wildman–Crippen LogP) is 0.823. The number of hydrogen-bond donors (Lipinski definition) is 1. The summed E-state index contributed by atoms with van der Waals surface area (Å²) < 4.78 is 6.37. The fourth-order valence-corrected chi connectivity index (χ4v) is 1.35. The van der Waals surface area contributed by atoms with E-state index in [2.05, 4.69) is 4.98 Å². The second-order valence-electron chi connectivity index (χ2n) is 3.20. The van der Waals surface area contributed by atoms with Gasteiger partial charge in [0.05, 0.1) is 24.7 Å². The first-order chi connectivity index (χ1) is 7.72. The van der Waals surface area contributed by atoms with Crippen molar-refractivity contribution in [3.8, 4) is 11.6 Å². The van der Waals surface area contributed by atoms with Crippen molar-refractivity contribution >= 4 is 5.69 Å². The minimum Gasteiger partial charge on any atom is -0.481 e. The van der Waals surface area contributed by atoms with Crippen LogP contribution in [0.1, 0.15) is 0 Å². The van der Waals surface area contributed by atoms with Crippen molar-refractivity contribution in [2.45, 2.75) is 0 Å². The molecule has 0 saturated carbocycles. The molecule has 2 N–H and O–H groups in total. The summed E-state index contributed by atoms with van der Waals surface area (Å²) in [6, 6.07) is 6.70. The zero-order valence-electron chi connectivity index (χ0n) is 8.75. The van der Waals surface area contributed by atoms with Gasteiger partial charge in [-0.15, -0.1) is 0 Å². The van der Waals surface area contributed by atoms with Gasteiger partial charge >= 0.3 is 0 Å². The molecule has 82 valence electrons. The molecule has 0 aliphatic carbocycles. The van der Waals surface area contributed by atoms with E-state index < -0.39 is 0 Å². The number of nitrogen functional groups attached to an aromatic ring is 1. The van der Waals surface area contributed by atoms with Crippen LogP contribution in [0.25, 0.3) is 5.69 Å². The van der Waals surface area contributed by atoms with E-state index in [-0.39, 0.29) is 11.2 Å². The Kier molecular flexibility index (Phi) is 2.59. The lowest BCUT2D eigenvalue weighted by Crippen LogP contribution is -2.20. The summed E-state index contributed by atoms with van der Waals surface area (Å²) >= 11 is 0. The second-order valence-corrected chi connectivity index (χ2v) is 3.20. The van der Waals surface area contributed by atoms with Crippen molar-refractivity contribution < 1.29 is 4.74 Å². The molecule has 0 saturated heterocycles. The molecule has 5 nitrogen and oxygen atoms in total. The highest BCUT2D eigenvalue weighted by atomic mass is 16.5. The van der Waals surface area contributed by atoms with E-state index in [4.69, 9.17) is 10.5 Å².